The standard InChI is InChI=1S/C17H26N2O/c1-12-4-5-14(18)10-15(12)16(20)19-11-13-6-8-17(2,3)9-7-13/h4-5,10,13H,6-9,11,18H2,1-3H3,(H,19,20). The van der Waals surface area contributed by atoms with E-state index in [-0.39, 0.29) is 5.91 Å². The van der Waals surface area contributed by atoms with Crippen LogP contribution in [0.15, 0.2) is 18.2 Å². The summed E-state index contributed by atoms with van der Waals surface area (Å²) in [4.78, 5) is 12.2. The molecule has 0 aromatic heterocycles. The van der Waals surface area contributed by atoms with E-state index < -0.39 is 0 Å². The molecule has 1 aromatic carbocycles. The number of hydrogen-bond donors (Lipinski definition) is 2. The van der Waals surface area contributed by atoms with Crippen LogP contribution in [0, 0.1) is 18.3 Å². The highest BCUT2D eigenvalue weighted by Crippen LogP contribution is 2.37. The number of rotatable bonds is 3. The van der Waals surface area contributed by atoms with E-state index in [1.807, 2.05) is 19.1 Å². The van der Waals surface area contributed by atoms with E-state index in [2.05, 4.69) is 19.2 Å². The van der Waals surface area contributed by atoms with Crippen LogP contribution in [0.3, 0.4) is 0 Å². The third-order valence-corrected chi connectivity index (χ3v) is 4.52. The molecule has 0 atom stereocenters. The van der Waals surface area contributed by atoms with Crippen molar-refractivity contribution in [1.29, 1.82) is 0 Å². The molecule has 3 heteroatoms. The molecule has 0 saturated heterocycles. The van der Waals surface area contributed by atoms with E-state index in [9.17, 15) is 4.79 Å². The van der Waals surface area contributed by atoms with Gasteiger partial charge in [-0.05, 0) is 61.6 Å². The van der Waals surface area contributed by atoms with Crippen LogP contribution in [0.25, 0.3) is 0 Å². The maximum Gasteiger partial charge on any atom is 0.251 e. The second-order valence-corrected chi connectivity index (χ2v) is 6.89. The van der Waals surface area contributed by atoms with Crippen LogP contribution in [-0.4, -0.2) is 12.5 Å². The molecule has 1 aliphatic rings. The monoisotopic (exact) mass is 274 g/mol. The van der Waals surface area contributed by atoms with Gasteiger partial charge in [-0.25, -0.2) is 0 Å². The summed E-state index contributed by atoms with van der Waals surface area (Å²) in [6.07, 6.45) is 4.93. The fourth-order valence-corrected chi connectivity index (χ4v) is 2.88. The number of nitrogen functional groups attached to an aromatic ring is 1. The van der Waals surface area contributed by atoms with Crippen LogP contribution in [0.5, 0.6) is 0 Å². The quantitative estimate of drug-likeness (QED) is 0.829. The van der Waals surface area contributed by atoms with E-state index in [0.29, 0.717) is 22.6 Å². The summed E-state index contributed by atoms with van der Waals surface area (Å²) in [6.45, 7) is 7.39. The molecule has 1 fully saturated rings. The maximum atomic E-state index is 12.2. The number of nitrogens with two attached hydrogens (primary N) is 1. The fraction of sp³-hybridized carbons (Fsp3) is 0.588. The molecule has 20 heavy (non-hydrogen) atoms. The first-order valence-electron chi connectivity index (χ1n) is 7.52. The Hall–Kier alpha value is -1.51. The van der Waals surface area contributed by atoms with Gasteiger partial charge >= 0.3 is 0 Å². The van der Waals surface area contributed by atoms with Crippen molar-refractivity contribution in [3.05, 3.63) is 29.3 Å². The van der Waals surface area contributed by atoms with Gasteiger partial charge in [0.1, 0.15) is 0 Å². The summed E-state index contributed by atoms with van der Waals surface area (Å²) in [7, 11) is 0. The summed E-state index contributed by atoms with van der Waals surface area (Å²) in [5.74, 6) is 0.618. The van der Waals surface area contributed by atoms with Gasteiger partial charge in [0.05, 0.1) is 0 Å². The van der Waals surface area contributed by atoms with Crippen LogP contribution in [-0.2, 0) is 0 Å². The average Bonchev–Trinajstić information content (AvgIpc) is 2.40. The van der Waals surface area contributed by atoms with Crippen LogP contribution in [0.4, 0.5) is 5.69 Å². The van der Waals surface area contributed by atoms with Gasteiger partial charge in [0.15, 0.2) is 0 Å². The van der Waals surface area contributed by atoms with Crippen molar-refractivity contribution in [2.75, 3.05) is 12.3 Å². The minimum absolute atomic E-state index is 0.000339. The number of carbonyl (C=O) groups excluding carboxylic acids is 1. The zero-order valence-electron chi connectivity index (χ0n) is 12.8. The number of anilines is 1. The lowest BCUT2D eigenvalue weighted by Crippen LogP contribution is -2.33. The topological polar surface area (TPSA) is 55.1 Å². The summed E-state index contributed by atoms with van der Waals surface area (Å²) in [6, 6.07) is 5.48. The molecule has 0 radical (unpaired) electrons. The minimum atomic E-state index is -0.000339. The number of aryl methyl sites for hydroxylation is 1. The Labute approximate surface area is 121 Å². The first kappa shape index (κ1) is 14.9. The fourth-order valence-electron chi connectivity index (χ4n) is 2.88. The Morgan fingerprint density at radius 3 is 2.65 bits per heavy atom. The molecule has 1 aromatic rings. The SMILES string of the molecule is Cc1ccc(N)cc1C(=O)NCC1CCC(C)(C)CC1. The summed E-state index contributed by atoms with van der Waals surface area (Å²) in [5.41, 5.74) is 8.54. The van der Waals surface area contributed by atoms with Crippen molar-refractivity contribution in [2.45, 2.75) is 46.5 Å². The van der Waals surface area contributed by atoms with Gasteiger partial charge in [-0.3, -0.25) is 4.79 Å². The highest BCUT2D eigenvalue weighted by atomic mass is 16.1. The van der Waals surface area contributed by atoms with Crippen LogP contribution >= 0.6 is 0 Å². The number of benzene rings is 1. The van der Waals surface area contributed by atoms with Crippen LogP contribution in [0.1, 0.15) is 55.5 Å². The molecule has 0 spiro atoms. The van der Waals surface area contributed by atoms with Crippen molar-refractivity contribution in [2.24, 2.45) is 11.3 Å². The lowest BCUT2D eigenvalue weighted by Gasteiger charge is -2.34. The number of nitrogens with one attached hydrogen (secondary N) is 1. The van der Waals surface area contributed by atoms with Crippen molar-refractivity contribution < 1.29 is 4.79 Å². The van der Waals surface area contributed by atoms with Gasteiger partial charge in [0, 0.05) is 17.8 Å². The Morgan fingerprint density at radius 1 is 1.35 bits per heavy atom. The van der Waals surface area contributed by atoms with Gasteiger partial charge < -0.3 is 11.1 Å². The summed E-state index contributed by atoms with van der Waals surface area (Å²) >= 11 is 0. The molecular formula is C17H26N2O. The number of hydrogen-bond acceptors (Lipinski definition) is 2. The van der Waals surface area contributed by atoms with Gasteiger partial charge in [0.25, 0.3) is 5.91 Å². The normalized spacial score (nSPS) is 18.8. The lowest BCUT2D eigenvalue weighted by atomic mass is 9.73. The van der Waals surface area contributed by atoms with Crippen molar-refractivity contribution in [1.82, 2.24) is 5.32 Å². The molecular weight excluding hydrogens is 248 g/mol. The van der Waals surface area contributed by atoms with Crippen molar-refractivity contribution >= 4 is 11.6 Å². The maximum absolute atomic E-state index is 12.2. The lowest BCUT2D eigenvalue weighted by molar-refractivity contribution is 0.0935. The van der Waals surface area contributed by atoms with Gasteiger partial charge in [0.2, 0.25) is 0 Å². The Morgan fingerprint density at radius 2 is 2.00 bits per heavy atom. The molecule has 0 unspecified atom stereocenters. The van der Waals surface area contributed by atoms with Gasteiger partial charge in [-0.15, -0.1) is 0 Å². The van der Waals surface area contributed by atoms with Crippen molar-refractivity contribution in [3.63, 3.8) is 0 Å². The third kappa shape index (κ3) is 3.75. The Kier molecular flexibility index (Phi) is 4.36. The van der Waals surface area contributed by atoms with E-state index >= 15 is 0 Å². The van der Waals surface area contributed by atoms with Crippen molar-refractivity contribution in [3.8, 4) is 0 Å². The third-order valence-electron chi connectivity index (χ3n) is 4.52. The summed E-state index contributed by atoms with van der Waals surface area (Å²) in [5, 5.41) is 3.07. The van der Waals surface area contributed by atoms with E-state index in [1.165, 1.54) is 25.7 Å². The highest BCUT2D eigenvalue weighted by molar-refractivity contribution is 5.96. The average molecular weight is 274 g/mol. The smallest absolute Gasteiger partial charge is 0.251 e. The molecule has 110 valence electrons. The van der Waals surface area contributed by atoms with E-state index in [0.717, 1.165) is 12.1 Å². The molecule has 3 nitrogen and oxygen atoms in total. The Balaban J connectivity index is 1.88. The Bertz CT molecular complexity index is 484. The molecule has 2 rings (SSSR count). The predicted octanol–water partition coefficient (Wildman–Crippen LogP) is 3.52. The first-order chi connectivity index (χ1) is 9.37. The van der Waals surface area contributed by atoms with Gasteiger partial charge in [-0.2, -0.15) is 0 Å². The largest absolute Gasteiger partial charge is 0.399 e. The van der Waals surface area contributed by atoms with E-state index in [4.69, 9.17) is 5.73 Å². The zero-order chi connectivity index (χ0) is 14.8. The number of amides is 1. The molecule has 1 aliphatic carbocycles. The molecule has 3 N–H and O–H groups in total. The second-order valence-electron chi connectivity index (χ2n) is 6.89. The van der Waals surface area contributed by atoms with Crippen LogP contribution < -0.4 is 11.1 Å². The predicted molar refractivity (Wildman–Crippen MR) is 83.7 cm³/mol. The molecule has 1 amide bonds. The molecule has 0 bridgehead atoms. The molecule has 1 saturated carbocycles. The first-order valence-corrected chi connectivity index (χ1v) is 7.52. The van der Waals surface area contributed by atoms with E-state index in [1.54, 1.807) is 6.07 Å². The summed E-state index contributed by atoms with van der Waals surface area (Å²) < 4.78 is 0. The van der Waals surface area contributed by atoms with Crippen LogP contribution in [0.2, 0.25) is 0 Å². The zero-order valence-corrected chi connectivity index (χ0v) is 12.8. The van der Waals surface area contributed by atoms with Gasteiger partial charge in [-0.1, -0.05) is 19.9 Å². The second kappa shape index (κ2) is 5.86. The molecule has 0 aliphatic heterocycles. The number of carbonyl (C=O) groups is 1. The highest BCUT2D eigenvalue weighted by Gasteiger charge is 2.26. The molecule has 0 heterocycles. The minimum Gasteiger partial charge on any atom is -0.399 e.